The van der Waals surface area contributed by atoms with Gasteiger partial charge >= 0.3 is 0 Å². The highest BCUT2D eigenvalue weighted by atomic mass is 16.1. The third-order valence-corrected chi connectivity index (χ3v) is 1.39. The van der Waals surface area contributed by atoms with Gasteiger partial charge in [0.15, 0.2) is 0 Å². The molecule has 0 aliphatic rings. The lowest BCUT2D eigenvalue weighted by atomic mass is 10.3. The van der Waals surface area contributed by atoms with Gasteiger partial charge in [0.1, 0.15) is 11.6 Å². The monoisotopic (exact) mass is 196 g/mol. The van der Waals surface area contributed by atoms with Crippen LogP contribution in [0.25, 0.3) is 0 Å². The molecule has 0 radical (unpaired) electrons. The molecule has 5 heteroatoms. The highest BCUT2D eigenvalue weighted by molar-refractivity contribution is 5.48. The van der Waals surface area contributed by atoms with Crippen molar-refractivity contribution in [2.75, 3.05) is 5.73 Å². The average molecular weight is 196 g/mol. The smallest absolute Gasteiger partial charge is 0.207 e. The predicted octanol–water partition coefficient (Wildman–Crippen LogP) is 0.639. The van der Waals surface area contributed by atoms with E-state index < -0.39 is 0 Å². The van der Waals surface area contributed by atoms with Crippen molar-refractivity contribution in [3.8, 4) is 0 Å². The van der Waals surface area contributed by atoms with Crippen LogP contribution in [0.4, 0.5) is 5.82 Å². The van der Waals surface area contributed by atoms with E-state index in [0.717, 1.165) is 5.56 Å². The molecule has 3 N–H and O–H groups in total. The Balaban J connectivity index is 0.000000791. The number of carbonyl (C=O) groups excluding carboxylic acids is 1. The Morgan fingerprint density at radius 3 is 2.71 bits per heavy atom. The van der Waals surface area contributed by atoms with E-state index in [1.807, 2.05) is 13.8 Å². The quantitative estimate of drug-likeness (QED) is 0.695. The second-order valence-corrected chi connectivity index (χ2v) is 2.33. The number of aryl methyl sites for hydroxylation is 1. The molecule has 14 heavy (non-hydrogen) atoms. The minimum atomic E-state index is 0.371. The lowest BCUT2D eigenvalue weighted by Gasteiger charge is -2.02. The molecule has 0 unspecified atom stereocenters. The van der Waals surface area contributed by atoms with E-state index in [1.165, 1.54) is 0 Å². The zero-order chi connectivity index (χ0) is 11.0. The Bertz CT molecular complexity index is 288. The van der Waals surface area contributed by atoms with Crippen LogP contribution >= 0.6 is 0 Å². The molecule has 0 bridgehead atoms. The van der Waals surface area contributed by atoms with Gasteiger partial charge in [0, 0.05) is 18.3 Å². The molecule has 0 saturated carbocycles. The Labute approximate surface area is 83.8 Å². The van der Waals surface area contributed by atoms with Crippen LogP contribution in [0.1, 0.15) is 25.2 Å². The number of anilines is 1. The number of rotatable bonds is 3. The Morgan fingerprint density at radius 2 is 2.21 bits per heavy atom. The van der Waals surface area contributed by atoms with Crippen LogP contribution in [-0.4, -0.2) is 16.4 Å². The van der Waals surface area contributed by atoms with E-state index in [4.69, 9.17) is 5.73 Å². The standard InChI is InChI=1S/C7H10N4O.C2H6/c1-5-10-3-6(2-9-4-12)7(8)11-5;1-2/h3-4H,2H2,1H3,(H,9,12)(H2,8,10,11);1-2H3. The summed E-state index contributed by atoms with van der Waals surface area (Å²) in [5.74, 6) is 1.04. The summed E-state index contributed by atoms with van der Waals surface area (Å²) in [4.78, 5) is 17.8. The van der Waals surface area contributed by atoms with Crippen LogP contribution in [0.15, 0.2) is 6.20 Å². The fraction of sp³-hybridized carbons (Fsp3) is 0.444. The van der Waals surface area contributed by atoms with E-state index >= 15 is 0 Å². The van der Waals surface area contributed by atoms with Crippen LogP contribution in [0.5, 0.6) is 0 Å². The minimum Gasteiger partial charge on any atom is -0.383 e. The molecule has 0 aliphatic heterocycles. The van der Waals surface area contributed by atoms with Crippen molar-refractivity contribution in [1.82, 2.24) is 15.3 Å². The van der Waals surface area contributed by atoms with E-state index in [-0.39, 0.29) is 0 Å². The summed E-state index contributed by atoms with van der Waals surface area (Å²) in [7, 11) is 0. The number of aromatic nitrogens is 2. The van der Waals surface area contributed by atoms with E-state index in [2.05, 4.69) is 15.3 Å². The van der Waals surface area contributed by atoms with Crippen LogP contribution in [-0.2, 0) is 11.3 Å². The lowest BCUT2D eigenvalue weighted by molar-refractivity contribution is -0.109. The highest BCUT2D eigenvalue weighted by Gasteiger charge is 1.99. The molecule has 1 rings (SSSR count). The molecule has 78 valence electrons. The molecule has 1 aromatic heterocycles. The number of hydrogen-bond donors (Lipinski definition) is 2. The number of hydrogen-bond acceptors (Lipinski definition) is 4. The van der Waals surface area contributed by atoms with Crippen molar-refractivity contribution in [3.63, 3.8) is 0 Å². The van der Waals surface area contributed by atoms with Gasteiger partial charge in [0.2, 0.25) is 6.41 Å². The molecule has 0 aromatic carbocycles. The summed E-state index contributed by atoms with van der Waals surface area (Å²) in [6, 6.07) is 0. The summed E-state index contributed by atoms with van der Waals surface area (Å²) in [6.45, 7) is 6.13. The van der Waals surface area contributed by atoms with Gasteiger partial charge in [-0.3, -0.25) is 4.79 Å². The highest BCUT2D eigenvalue weighted by Crippen LogP contribution is 2.05. The summed E-state index contributed by atoms with van der Waals surface area (Å²) in [6.07, 6.45) is 2.22. The topological polar surface area (TPSA) is 80.9 Å². The molecule has 0 atom stereocenters. The van der Waals surface area contributed by atoms with E-state index in [1.54, 1.807) is 13.1 Å². The van der Waals surface area contributed by atoms with Crippen molar-refractivity contribution in [2.45, 2.75) is 27.3 Å². The molecule has 0 saturated heterocycles. The maximum absolute atomic E-state index is 9.96. The first kappa shape index (κ1) is 12.3. The number of nitrogens with zero attached hydrogens (tertiary/aromatic N) is 2. The van der Waals surface area contributed by atoms with Crippen molar-refractivity contribution in [3.05, 3.63) is 17.6 Å². The number of nitrogens with one attached hydrogen (secondary N) is 1. The second-order valence-electron chi connectivity index (χ2n) is 2.33. The van der Waals surface area contributed by atoms with Crippen molar-refractivity contribution in [2.24, 2.45) is 0 Å². The van der Waals surface area contributed by atoms with Crippen LogP contribution in [0, 0.1) is 6.92 Å². The maximum Gasteiger partial charge on any atom is 0.207 e. The molecule has 1 aromatic rings. The van der Waals surface area contributed by atoms with Gasteiger partial charge in [0.25, 0.3) is 0 Å². The fourth-order valence-electron chi connectivity index (χ4n) is 0.800. The Morgan fingerprint density at radius 1 is 1.57 bits per heavy atom. The molecular weight excluding hydrogens is 180 g/mol. The second kappa shape index (κ2) is 6.82. The molecule has 0 fully saturated rings. The summed E-state index contributed by atoms with van der Waals surface area (Å²) in [5.41, 5.74) is 6.28. The molecule has 0 spiro atoms. The summed E-state index contributed by atoms with van der Waals surface area (Å²) in [5, 5.41) is 2.48. The maximum atomic E-state index is 9.96. The third kappa shape index (κ3) is 3.84. The zero-order valence-electron chi connectivity index (χ0n) is 8.74. The largest absolute Gasteiger partial charge is 0.383 e. The first-order valence-corrected chi connectivity index (χ1v) is 4.49. The number of amides is 1. The third-order valence-electron chi connectivity index (χ3n) is 1.39. The Kier molecular flexibility index (Phi) is 6.02. The van der Waals surface area contributed by atoms with Gasteiger partial charge in [0.05, 0.1) is 0 Å². The summed E-state index contributed by atoms with van der Waals surface area (Å²) >= 11 is 0. The molecule has 5 nitrogen and oxygen atoms in total. The normalized spacial score (nSPS) is 8.50. The lowest BCUT2D eigenvalue weighted by Crippen LogP contribution is -2.13. The van der Waals surface area contributed by atoms with Crippen LogP contribution in [0.2, 0.25) is 0 Å². The van der Waals surface area contributed by atoms with Crippen LogP contribution in [0.3, 0.4) is 0 Å². The van der Waals surface area contributed by atoms with Gasteiger partial charge in [-0.1, -0.05) is 13.8 Å². The SMILES string of the molecule is CC.Cc1ncc(CNC=O)c(N)n1. The fourth-order valence-corrected chi connectivity index (χ4v) is 0.800. The van der Waals surface area contributed by atoms with E-state index in [0.29, 0.717) is 24.6 Å². The number of carbonyl (C=O) groups is 1. The van der Waals surface area contributed by atoms with Crippen LogP contribution < -0.4 is 11.1 Å². The predicted molar refractivity (Wildman–Crippen MR) is 55.4 cm³/mol. The van der Waals surface area contributed by atoms with Gasteiger partial charge in [-0.05, 0) is 6.92 Å². The van der Waals surface area contributed by atoms with Gasteiger partial charge < -0.3 is 11.1 Å². The van der Waals surface area contributed by atoms with Crippen molar-refractivity contribution >= 4 is 12.2 Å². The van der Waals surface area contributed by atoms with Crippen molar-refractivity contribution < 1.29 is 4.79 Å². The van der Waals surface area contributed by atoms with Gasteiger partial charge in [-0.15, -0.1) is 0 Å². The minimum absolute atomic E-state index is 0.371. The molecule has 1 amide bonds. The molecule has 0 aliphatic carbocycles. The molecule has 1 heterocycles. The number of nitrogen functional groups attached to an aromatic ring is 1. The first-order chi connectivity index (χ1) is 6.74. The summed E-state index contributed by atoms with van der Waals surface area (Å²) < 4.78 is 0. The number of nitrogens with two attached hydrogens (primary N) is 1. The van der Waals surface area contributed by atoms with E-state index in [9.17, 15) is 4.79 Å². The average Bonchev–Trinajstić information content (AvgIpc) is 2.20. The Hall–Kier alpha value is -1.65. The van der Waals surface area contributed by atoms with Crippen molar-refractivity contribution in [1.29, 1.82) is 0 Å². The zero-order valence-corrected chi connectivity index (χ0v) is 8.74. The molecular formula is C9H16N4O. The van der Waals surface area contributed by atoms with Gasteiger partial charge in [-0.25, -0.2) is 9.97 Å². The first-order valence-electron chi connectivity index (χ1n) is 4.49. The van der Waals surface area contributed by atoms with Gasteiger partial charge in [-0.2, -0.15) is 0 Å².